The van der Waals surface area contributed by atoms with Gasteiger partial charge in [-0.15, -0.1) is 0 Å². The minimum atomic E-state index is -0.398. The molecule has 1 amide bonds. The molecule has 4 rings (SSSR count). The van der Waals surface area contributed by atoms with E-state index in [0.29, 0.717) is 16.6 Å². The van der Waals surface area contributed by atoms with Crippen molar-refractivity contribution in [3.8, 4) is 0 Å². The largest absolute Gasteiger partial charge is 0.367 e. The zero-order valence-electron chi connectivity index (χ0n) is 15.5. The molecule has 0 saturated carbocycles. The van der Waals surface area contributed by atoms with Crippen LogP contribution in [0.3, 0.4) is 0 Å². The van der Waals surface area contributed by atoms with Gasteiger partial charge in [0.1, 0.15) is 6.54 Å². The molecule has 4 aromatic rings. The highest BCUT2D eigenvalue weighted by molar-refractivity contribution is 6.42. The van der Waals surface area contributed by atoms with Crippen molar-refractivity contribution in [2.24, 2.45) is 5.10 Å². The number of para-hydroxylation sites is 1. The first-order valence-electron chi connectivity index (χ1n) is 8.86. The monoisotopic (exact) mass is 442 g/mol. The van der Waals surface area contributed by atoms with Crippen LogP contribution in [0.2, 0.25) is 10.0 Å². The van der Waals surface area contributed by atoms with E-state index in [2.05, 4.69) is 30.6 Å². The fourth-order valence-corrected chi connectivity index (χ4v) is 3.33. The van der Waals surface area contributed by atoms with E-state index < -0.39 is 5.91 Å². The average Bonchev–Trinajstić information content (AvgIpc) is 3.29. The van der Waals surface area contributed by atoms with Crippen LogP contribution < -0.4 is 11.2 Å². The highest BCUT2D eigenvalue weighted by Gasteiger charge is 2.09. The Hall–Kier alpha value is -3.43. The van der Waals surface area contributed by atoms with Gasteiger partial charge in [0.25, 0.3) is 5.91 Å². The molecule has 0 saturated heterocycles. The van der Waals surface area contributed by atoms with E-state index in [1.165, 1.54) is 4.68 Å². The summed E-state index contributed by atoms with van der Waals surface area (Å²) >= 11 is 12.1. The van der Waals surface area contributed by atoms with Crippen LogP contribution in [0.1, 0.15) is 11.1 Å². The smallest absolute Gasteiger partial charge is 0.261 e. The second-order valence-corrected chi connectivity index (χ2v) is 7.28. The molecule has 30 heavy (non-hydrogen) atoms. The summed E-state index contributed by atoms with van der Waals surface area (Å²) in [5, 5.41) is 16.6. The van der Waals surface area contributed by atoms with Gasteiger partial charge in [0.05, 0.1) is 16.3 Å². The van der Waals surface area contributed by atoms with Crippen molar-refractivity contribution in [3.63, 3.8) is 0 Å². The molecule has 0 spiro atoms. The number of hydrogen-bond donors (Lipinski definition) is 2. The molecule has 0 radical (unpaired) electrons. The lowest BCUT2D eigenvalue weighted by Gasteiger charge is -2.06. The molecule has 0 aliphatic heterocycles. The lowest BCUT2D eigenvalue weighted by atomic mass is 10.2. The Morgan fingerprint density at radius 2 is 2.03 bits per heavy atom. The van der Waals surface area contributed by atoms with E-state index >= 15 is 0 Å². The second kappa shape index (κ2) is 8.52. The summed E-state index contributed by atoms with van der Waals surface area (Å²) in [5.41, 5.74) is 10.9. The van der Waals surface area contributed by atoms with Crippen LogP contribution in [0.25, 0.3) is 10.9 Å². The number of nitrogen functional groups attached to an aromatic ring is 1. The summed E-state index contributed by atoms with van der Waals surface area (Å²) < 4.78 is 3.26. The van der Waals surface area contributed by atoms with Gasteiger partial charge < -0.3 is 10.3 Å². The lowest BCUT2D eigenvalue weighted by Crippen LogP contribution is -2.24. The highest BCUT2D eigenvalue weighted by Crippen LogP contribution is 2.25. The van der Waals surface area contributed by atoms with Gasteiger partial charge in [0.15, 0.2) is 0 Å². The fraction of sp³-hybridized carbons (Fsp3) is 0.105. The van der Waals surface area contributed by atoms with Crippen LogP contribution in [-0.4, -0.2) is 36.9 Å². The molecule has 0 unspecified atom stereocenters. The van der Waals surface area contributed by atoms with Crippen molar-refractivity contribution >= 4 is 52.2 Å². The molecule has 0 atom stereocenters. The van der Waals surface area contributed by atoms with Gasteiger partial charge in [0.2, 0.25) is 5.95 Å². The lowest BCUT2D eigenvalue weighted by molar-refractivity contribution is -0.121. The fourth-order valence-electron chi connectivity index (χ4n) is 3.01. The number of tetrazole rings is 1. The first-order chi connectivity index (χ1) is 14.5. The van der Waals surface area contributed by atoms with E-state index in [4.69, 9.17) is 28.9 Å². The number of halogens is 2. The molecule has 0 aliphatic carbocycles. The van der Waals surface area contributed by atoms with Crippen LogP contribution >= 0.6 is 23.2 Å². The van der Waals surface area contributed by atoms with Gasteiger partial charge in [-0.05, 0) is 34.2 Å². The molecule has 0 aliphatic rings. The zero-order chi connectivity index (χ0) is 21.1. The SMILES string of the molecule is Nc1nnnn1CC(=O)N/N=C\c1cn(Cc2ccc(Cl)c(Cl)c2)c2ccccc12. The second-order valence-electron chi connectivity index (χ2n) is 6.47. The molecular formula is C19H16Cl2N8O. The number of hydrogen-bond acceptors (Lipinski definition) is 6. The zero-order valence-corrected chi connectivity index (χ0v) is 17.0. The molecule has 2 aromatic carbocycles. The van der Waals surface area contributed by atoms with Crippen molar-refractivity contribution in [1.82, 2.24) is 30.2 Å². The van der Waals surface area contributed by atoms with Gasteiger partial charge in [0, 0.05) is 29.2 Å². The molecule has 11 heteroatoms. The number of aromatic nitrogens is 5. The molecular weight excluding hydrogens is 427 g/mol. The summed E-state index contributed by atoms with van der Waals surface area (Å²) in [6.07, 6.45) is 3.55. The van der Waals surface area contributed by atoms with Crippen LogP contribution in [-0.2, 0) is 17.9 Å². The van der Waals surface area contributed by atoms with Crippen LogP contribution in [0.15, 0.2) is 53.8 Å². The maximum atomic E-state index is 12.0. The van der Waals surface area contributed by atoms with Gasteiger partial charge >= 0.3 is 0 Å². The third-order valence-corrected chi connectivity index (χ3v) is 5.14. The van der Waals surface area contributed by atoms with Crippen LogP contribution in [0, 0.1) is 0 Å². The molecule has 3 N–H and O–H groups in total. The number of nitrogens with two attached hydrogens (primary N) is 1. The minimum Gasteiger partial charge on any atom is -0.367 e. The van der Waals surface area contributed by atoms with Gasteiger partial charge in [-0.1, -0.05) is 52.6 Å². The first kappa shape index (κ1) is 19.9. The van der Waals surface area contributed by atoms with Gasteiger partial charge in [-0.2, -0.15) is 5.10 Å². The topological polar surface area (TPSA) is 116 Å². The van der Waals surface area contributed by atoms with Gasteiger partial charge in [-0.25, -0.2) is 10.1 Å². The predicted octanol–water partition coefficient (Wildman–Crippen LogP) is 2.72. The normalized spacial score (nSPS) is 11.4. The Kier molecular flexibility index (Phi) is 5.64. The van der Waals surface area contributed by atoms with Crippen molar-refractivity contribution < 1.29 is 4.79 Å². The van der Waals surface area contributed by atoms with E-state index in [-0.39, 0.29) is 12.5 Å². The number of carbonyl (C=O) groups is 1. The molecule has 9 nitrogen and oxygen atoms in total. The molecule has 2 heterocycles. The van der Waals surface area contributed by atoms with E-state index in [0.717, 1.165) is 22.0 Å². The number of anilines is 1. The Balaban J connectivity index is 1.53. The summed E-state index contributed by atoms with van der Waals surface area (Å²) in [6, 6.07) is 13.5. The number of benzene rings is 2. The number of nitrogens with zero attached hydrogens (tertiary/aromatic N) is 6. The van der Waals surface area contributed by atoms with Crippen molar-refractivity contribution in [3.05, 3.63) is 69.8 Å². The van der Waals surface area contributed by atoms with Crippen molar-refractivity contribution in [2.45, 2.75) is 13.1 Å². The maximum Gasteiger partial charge on any atom is 0.261 e. The Bertz CT molecular complexity index is 1250. The molecule has 0 bridgehead atoms. The van der Waals surface area contributed by atoms with E-state index in [9.17, 15) is 4.79 Å². The predicted molar refractivity (Wildman–Crippen MR) is 115 cm³/mol. The number of amides is 1. The van der Waals surface area contributed by atoms with Crippen molar-refractivity contribution in [2.75, 3.05) is 5.73 Å². The molecule has 0 fully saturated rings. The number of carbonyl (C=O) groups excluding carboxylic acids is 1. The Morgan fingerprint density at radius 1 is 1.20 bits per heavy atom. The van der Waals surface area contributed by atoms with Crippen LogP contribution in [0.5, 0.6) is 0 Å². The summed E-state index contributed by atoms with van der Waals surface area (Å²) in [5.74, 6) is -0.343. The summed E-state index contributed by atoms with van der Waals surface area (Å²) in [4.78, 5) is 12.0. The van der Waals surface area contributed by atoms with E-state index in [1.807, 2.05) is 42.6 Å². The maximum absolute atomic E-state index is 12.0. The molecule has 152 valence electrons. The highest BCUT2D eigenvalue weighted by atomic mass is 35.5. The Labute approximate surface area is 181 Å². The minimum absolute atomic E-state index is 0.0551. The summed E-state index contributed by atoms with van der Waals surface area (Å²) in [6.45, 7) is 0.478. The number of nitrogens with one attached hydrogen (secondary N) is 1. The average molecular weight is 443 g/mol. The summed E-state index contributed by atoms with van der Waals surface area (Å²) in [7, 11) is 0. The van der Waals surface area contributed by atoms with Gasteiger partial charge in [-0.3, -0.25) is 4.79 Å². The van der Waals surface area contributed by atoms with Crippen LogP contribution in [0.4, 0.5) is 5.95 Å². The standard InChI is InChI=1S/C19H16Cl2N8O/c20-15-6-5-12(7-16(15)21)9-28-10-13(14-3-1-2-4-17(14)28)8-23-24-18(30)11-29-19(22)25-26-27-29/h1-8,10H,9,11H2,(H,24,30)(H2,22,25,27)/b23-8-. The number of fused-ring (bicyclic) bond motifs is 1. The number of rotatable bonds is 6. The first-order valence-corrected chi connectivity index (χ1v) is 9.62. The third-order valence-electron chi connectivity index (χ3n) is 4.40. The number of hydrazone groups is 1. The Morgan fingerprint density at radius 3 is 2.80 bits per heavy atom. The molecule has 2 aromatic heterocycles. The van der Waals surface area contributed by atoms with E-state index in [1.54, 1.807) is 12.3 Å². The third kappa shape index (κ3) is 4.27. The van der Waals surface area contributed by atoms with Crippen molar-refractivity contribution in [1.29, 1.82) is 0 Å². The quantitative estimate of drug-likeness (QED) is 0.351.